The number of carboxylic acids is 1. The van der Waals surface area contributed by atoms with Crippen LogP contribution in [0.4, 0.5) is 5.82 Å². The molecule has 1 saturated heterocycles. The van der Waals surface area contributed by atoms with E-state index >= 15 is 0 Å². The number of hydrogen-bond donors (Lipinski definition) is 1. The fourth-order valence-corrected chi connectivity index (χ4v) is 3.77. The van der Waals surface area contributed by atoms with E-state index in [1.807, 2.05) is 4.90 Å². The Kier molecular flexibility index (Phi) is 3.49. The van der Waals surface area contributed by atoms with E-state index in [-0.39, 0.29) is 5.69 Å². The van der Waals surface area contributed by atoms with Gasteiger partial charge in [0, 0.05) is 13.1 Å². The van der Waals surface area contributed by atoms with Crippen molar-refractivity contribution in [3.8, 4) is 0 Å². The van der Waals surface area contributed by atoms with Crippen LogP contribution in [-0.2, 0) is 9.84 Å². The van der Waals surface area contributed by atoms with Crippen molar-refractivity contribution in [1.82, 2.24) is 4.98 Å². The summed E-state index contributed by atoms with van der Waals surface area (Å²) >= 11 is 0. The third-order valence-corrected chi connectivity index (χ3v) is 5.90. The molecule has 2 rings (SSSR count). The highest BCUT2D eigenvalue weighted by molar-refractivity contribution is 7.92. The zero-order chi connectivity index (χ0) is 14.2. The summed E-state index contributed by atoms with van der Waals surface area (Å²) in [6.07, 6.45) is 0. The summed E-state index contributed by atoms with van der Waals surface area (Å²) in [7, 11) is -3.09. The lowest BCUT2D eigenvalue weighted by molar-refractivity contribution is 0.0690. The minimum absolute atomic E-state index is 0.0359. The molecule has 1 aliphatic rings. The highest BCUT2D eigenvalue weighted by Gasteiger charge is 2.36. The number of aromatic nitrogens is 1. The SMILES string of the molecule is CC1CN(c2cccc(C(=O)O)n2)CC(C)S1(=O)=O. The molecule has 0 aliphatic carbocycles. The summed E-state index contributed by atoms with van der Waals surface area (Å²) in [5.74, 6) is -0.582. The average Bonchev–Trinajstić information content (AvgIpc) is 2.36. The Morgan fingerprint density at radius 1 is 1.32 bits per heavy atom. The third kappa shape index (κ3) is 2.56. The average molecular weight is 284 g/mol. The molecule has 2 unspecified atom stereocenters. The van der Waals surface area contributed by atoms with Crippen molar-refractivity contribution in [3.63, 3.8) is 0 Å². The number of nitrogens with zero attached hydrogens (tertiary/aromatic N) is 2. The Morgan fingerprint density at radius 2 is 1.89 bits per heavy atom. The van der Waals surface area contributed by atoms with Crippen molar-refractivity contribution in [1.29, 1.82) is 0 Å². The van der Waals surface area contributed by atoms with Gasteiger partial charge in [-0.3, -0.25) is 0 Å². The number of anilines is 1. The Labute approximate surface area is 112 Å². The first-order valence-corrected chi connectivity index (χ1v) is 7.61. The van der Waals surface area contributed by atoms with Crippen LogP contribution in [0.5, 0.6) is 0 Å². The van der Waals surface area contributed by atoms with Crippen LogP contribution in [0.1, 0.15) is 24.3 Å². The third-order valence-electron chi connectivity index (χ3n) is 3.35. The van der Waals surface area contributed by atoms with E-state index in [0.29, 0.717) is 18.9 Å². The summed E-state index contributed by atoms with van der Waals surface area (Å²) in [6.45, 7) is 4.00. The largest absolute Gasteiger partial charge is 0.477 e. The first-order valence-electron chi connectivity index (χ1n) is 6.00. The zero-order valence-corrected chi connectivity index (χ0v) is 11.6. The molecule has 0 saturated carbocycles. The van der Waals surface area contributed by atoms with Gasteiger partial charge in [0.05, 0.1) is 10.5 Å². The Morgan fingerprint density at radius 3 is 2.42 bits per heavy atom. The minimum atomic E-state index is -3.09. The van der Waals surface area contributed by atoms with E-state index in [1.54, 1.807) is 26.0 Å². The van der Waals surface area contributed by atoms with Gasteiger partial charge in [0.2, 0.25) is 0 Å². The molecular weight excluding hydrogens is 268 g/mol. The van der Waals surface area contributed by atoms with Crippen LogP contribution < -0.4 is 4.90 Å². The van der Waals surface area contributed by atoms with E-state index in [4.69, 9.17) is 5.11 Å². The maximum absolute atomic E-state index is 11.9. The smallest absolute Gasteiger partial charge is 0.354 e. The van der Waals surface area contributed by atoms with Gasteiger partial charge in [0.1, 0.15) is 5.82 Å². The van der Waals surface area contributed by atoms with E-state index in [9.17, 15) is 13.2 Å². The molecule has 1 N–H and O–H groups in total. The topological polar surface area (TPSA) is 87.6 Å². The normalized spacial score (nSPS) is 26.1. The van der Waals surface area contributed by atoms with E-state index in [1.165, 1.54) is 6.07 Å². The predicted molar refractivity (Wildman–Crippen MR) is 71.3 cm³/mol. The van der Waals surface area contributed by atoms with Gasteiger partial charge in [-0.15, -0.1) is 0 Å². The van der Waals surface area contributed by atoms with Crippen LogP contribution in [0.3, 0.4) is 0 Å². The second kappa shape index (κ2) is 4.80. The minimum Gasteiger partial charge on any atom is -0.477 e. The summed E-state index contributed by atoms with van der Waals surface area (Å²) < 4.78 is 23.8. The second-order valence-corrected chi connectivity index (χ2v) is 7.59. The standard InChI is InChI=1S/C12H16N2O4S/c1-8-6-14(7-9(2)19(8,17)18)11-5-3-4-10(13-11)12(15)16/h3-5,8-9H,6-7H2,1-2H3,(H,15,16). The lowest BCUT2D eigenvalue weighted by atomic mass is 10.3. The van der Waals surface area contributed by atoms with Crippen molar-refractivity contribution in [3.05, 3.63) is 23.9 Å². The zero-order valence-electron chi connectivity index (χ0n) is 10.8. The van der Waals surface area contributed by atoms with E-state index in [2.05, 4.69) is 4.98 Å². The molecule has 7 heteroatoms. The molecule has 2 heterocycles. The quantitative estimate of drug-likeness (QED) is 0.864. The van der Waals surface area contributed by atoms with Crippen molar-refractivity contribution in [2.24, 2.45) is 0 Å². The monoisotopic (exact) mass is 284 g/mol. The number of pyridine rings is 1. The number of rotatable bonds is 2. The first kappa shape index (κ1) is 13.8. The highest BCUT2D eigenvalue weighted by Crippen LogP contribution is 2.23. The summed E-state index contributed by atoms with van der Waals surface area (Å²) in [4.78, 5) is 16.8. The molecule has 1 aromatic rings. The molecular formula is C12H16N2O4S. The maximum Gasteiger partial charge on any atom is 0.354 e. The van der Waals surface area contributed by atoms with Gasteiger partial charge in [-0.2, -0.15) is 0 Å². The lowest BCUT2D eigenvalue weighted by Crippen LogP contribution is -2.50. The van der Waals surface area contributed by atoms with Crippen LogP contribution >= 0.6 is 0 Å². The molecule has 2 atom stereocenters. The fraction of sp³-hybridized carbons (Fsp3) is 0.500. The Balaban J connectivity index is 2.29. The van der Waals surface area contributed by atoms with Crippen LogP contribution in [0.15, 0.2) is 18.2 Å². The molecule has 104 valence electrons. The summed E-state index contributed by atoms with van der Waals surface area (Å²) in [5.41, 5.74) is -0.0359. The highest BCUT2D eigenvalue weighted by atomic mass is 32.2. The molecule has 0 radical (unpaired) electrons. The van der Waals surface area contributed by atoms with Crippen molar-refractivity contribution >= 4 is 21.6 Å². The molecule has 1 aliphatic heterocycles. The maximum atomic E-state index is 11.9. The molecule has 6 nitrogen and oxygen atoms in total. The van der Waals surface area contributed by atoms with Crippen LogP contribution in [0, 0.1) is 0 Å². The van der Waals surface area contributed by atoms with Crippen LogP contribution in [0.25, 0.3) is 0 Å². The molecule has 1 aromatic heterocycles. The lowest BCUT2D eigenvalue weighted by Gasteiger charge is -2.35. The van der Waals surface area contributed by atoms with E-state index in [0.717, 1.165) is 0 Å². The van der Waals surface area contributed by atoms with Gasteiger partial charge in [0.25, 0.3) is 0 Å². The fourth-order valence-electron chi connectivity index (χ4n) is 2.21. The number of carbonyl (C=O) groups is 1. The second-order valence-electron chi connectivity index (χ2n) is 4.80. The molecule has 0 amide bonds. The van der Waals surface area contributed by atoms with Crippen molar-refractivity contribution in [2.75, 3.05) is 18.0 Å². The number of sulfone groups is 1. The Hall–Kier alpha value is -1.63. The van der Waals surface area contributed by atoms with Gasteiger partial charge in [-0.25, -0.2) is 18.2 Å². The number of aromatic carboxylic acids is 1. The van der Waals surface area contributed by atoms with Crippen LogP contribution in [-0.4, -0.2) is 48.1 Å². The van der Waals surface area contributed by atoms with Gasteiger partial charge >= 0.3 is 5.97 Å². The predicted octanol–water partition coefficient (Wildman–Crippen LogP) is 0.792. The van der Waals surface area contributed by atoms with Crippen molar-refractivity contribution < 1.29 is 18.3 Å². The van der Waals surface area contributed by atoms with Gasteiger partial charge in [-0.1, -0.05) is 6.07 Å². The molecule has 19 heavy (non-hydrogen) atoms. The summed E-state index contributed by atoms with van der Waals surface area (Å²) in [5, 5.41) is 7.96. The summed E-state index contributed by atoms with van der Waals surface area (Å²) in [6, 6.07) is 4.73. The molecule has 0 spiro atoms. The van der Waals surface area contributed by atoms with Gasteiger partial charge < -0.3 is 10.0 Å². The number of hydrogen-bond acceptors (Lipinski definition) is 5. The van der Waals surface area contributed by atoms with E-state index < -0.39 is 26.3 Å². The Bertz CT molecular complexity index is 582. The molecule has 1 fully saturated rings. The van der Waals surface area contributed by atoms with Crippen LogP contribution in [0.2, 0.25) is 0 Å². The molecule has 0 bridgehead atoms. The first-order chi connectivity index (χ1) is 8.82. The number of carboxylic acid groups (broad SMARTS) is 1. The molecule has 0 aromatic carbocycles. The van der Waals surface area contributed by atoms with Gasteiger partial charge in [0.15, 0.2) is 15.5 Å². The van der Waals surface area contributed by atoms with Crippen molar-refractivity contribution in [2.45, 2.75) is 24.3 Å². The van der Waals surface area contributed by atoms with Gasteiger partial charge in [-0.05, 0) is 26.0 Å².